The molecule has 0 spiro atoms. The number of Topliss-reactive ketones (excluding diaryl/α,β-unsaturated/α-hetero) is 1. The summed E-state index contributed by atoms with van der Waals surface area (Å²) in [5.41, 5.74) is -0.966. The zero-order valence-electron chi connectivity index (χ0n) is 12.2. The molecule has 2 fully saturated rings. The van der Waals surface area contributed by atoms with Crippen LogP contribution in [-0.4, -0.2) is 43.0 Å². The van der Waals surface area contributed by atoms with Crippen LogP contribution in [0, 0.1) is 21.4 Å². The van der Waals surface area contributed by atoms with Crippen molar-refractivity contribution in [1.29, 1.82) is 0 Å². The fourth-order valence-corrected chi connectivity index (χ4v) is 3.80. The number of hydrogen-bond donors (Lipinski definition) is 0. The first-order chi connectivity index (χ1) is 10.0. The molecule has 1 aliphatic carbocycles. The molecule has 7 nitrogen and oxygen atoms in total. The Hall–Kier alpha value is -1.50. The molecule has 0 aromatic carbocycles. The van der Waals surface area contributed by atoms with Crippen LogP contribution in [0.3, 0.4) is 0 Å². The number of esters is 1. The SMILES string of the molecule is COC(=O)C([N+](=O)[O-])C1(C2CCCCC2=O)CCOCC1. The van der Waals surface area contributed by atoms with Crippen LogP contribution < -0.4 is 0 Å². The van der Waals surface area contributed by atoms with Gasteiger partial charge in [0.15, 0.2) is 0 Å². The van der Waals surface area contributed by atoms with Crippen LogP contribution in [0.15, 0.2) is 0 Å². The van der Waals surface area contributed by atoms with Gasteiger partial charge in [0.25, 0.3) is 0 Å². The van der Waals surface area contributed by atoms with E-state index in [-0.39, 0.29) is 5.78 Å². The highest BCUT2D eigenvalue weighted by atomic mass is 16.6. The first kappa shape index (κ1) is 15.9. The standard InChI is InChI=1S/C14H21NO6/c1-20-13(17)12(15(18)19)14(6-8-21-9-7-14)10-4-2-3-5-11(10)16/h10,12H,2-9H2,1H3. The lowest BCUT2D eigenvalue weighted by Crippen LogP contribution is -2.56. The monoisotopic (exact) mass is 299 g/mol. The first-order valence-corrected chi connectivity index (χ1v) is 7.34. The number of ketones is 1. The highest BCUT2D eigenvalue weighted by molar-refractivity contribution is 5.84. The number of methoxy groups -OCH3 is 1. The van der Waals surface area contributed by atoms with E-state index in [2.05, 4.69) is 4.74 Å². The third-order valence-electron chi connectivity index (χ3n) is 4.85. The zero-order chi connectivity index (χ0) is 15.5. The van der Waals surface area contributed by atoms with Gasteiger partial charge in [-0.3, -0.25) is 14.9 Å². The molecule has 1 aliphatic heterocycles. The molecule has 1 heterocycles. The average molecular weight is 299 g/mol. The van der Waals surface area contributed by atoms with Crippen molar-refractivity contribution in [3.8, 4) is 0 Å². The van der Waals surface area contributed by atoms with Gasteiger partial charge in [0, 0.05) is 30.5 Å². The minimum absolute atomic E-state index is 0.0407. The Morgan fingerprint density at radius 1 is 1.43 bits per heavy atom. The molecular weight excluding hydrogens is 278 g/mol. The molecule has 0 radical (unpaired) electrons. The summed E-state index contributed by atoms with van der Waals surface area (Å²) in [7, 11) is 1.15. The molecule has 0 N–H and O–H groups in total. The van der Waals surface area contributed by atoms with Gasteiger partial charge in [-0.1, -0.05) is 6.42 Å². The van der Waals surface area contributed by atoms with Crippen LogP contribution in [-0.2, 0) is 19.1 Å². The largest absolute Gasteiger partial charge is 0.464 e. The number of nitro groups is 1. The Kier molecular flexibility index (Phi) is 4.92. The Balaban J connectivity index is 2.41. The van der Waals surface area contributed by atoms with E-state index in [0.29, 0.717) is 38.9 Å². The summed E-state index contributed by atoms with van der Waals surface area (Å²) in [5.74, 6) is -1.26. The topological polar surface area (TPSA) is 95.7 Å². The van der Waals surface area contributed by atoms with Gasteiger partial charge in [-0.15, -0.1) is 0 Å². The smallest absolute Gasteiger partial charge is 0.382 e. The summed E-state index contributed by atoms with van der Waals surface area (Å²) >= 11 is 0. The van der Waals surface area contributed by atoms with E-state index < -0.39 is 28.3 Å². The van der Waals surface area contributed by atoms with E-state index in [9.17, 15) is 19.7 Å². The van der Waals surface area contributed by atoms with E-state index in [1.807, 2.05) is 0 Å². The normalized spacial score (nSPS) is 26.9. The highest BCUT2D eigenvalue weighted by Crippen LogP contribution is 2.47. The summed E-state index contributed by atoms with van der Waals surface area (Å²) in [5, 5.41) is 11.5. The molecular formula is C14H21NO6. The summed E-state index contributed by atoms with van der Waals surface area (Å²) in [6, 6.07) is -1.49. The van der Waals surface area contributed by atoms with Crippen LogP contribution in [0.2, 0.25) is 0 Å². The lowest BCUT2D eigenvalue weighted by atomic mass is 9.60. The number of rotatable bonds is 4. The van der Waals surface area contributed by atoms with Gasteiger partial charge < -0.3 is 9.47 Å². The second kappa shape index (κ2) is 6.51. The summed E-state index contributed by atoms with van der Waals surface area (Å²) in [6.07, 6.45) is 3.45. The van der Waals surface area contributed by atoms with Crippen LogP contribution in [0.25, 0.3) is 0 Å². The van der Waals surface area contributed by atoms with Crippen molar-refractivity contribution in [2.45, 2.75) is 44.6 Å². The predicted octanol–water partition coefficient (Wildman–Crippen LogP) is 1.36. The van der Waals surface area contributed by atoms with Crippen molar-refractivity contribution >= 4 is 11.8 Å². The summed E-state index contributed by atoms with van der Waals surface area (Å²) in [4.78, 5) is 35.2. The fourth-order valence-electron chi connectivity index (χ4n) is 3.80. The van der Waals surface area contributed by atoms with Gasteiger partial charge in [-0.05, 0) is 25.7 Å². The predicted molar refractivity (Wildman–Crippen MR) is 72.2 cm³/mol. The van der Waals surface area contributed by atoms with Crippen molar-refractivity contribution in [2.75, 3.05) is 20.3 Å². The van der Waals surface area contributed by atoms with Gasteiger partial charge in [-0.2, -0.15) is 0 Å². The maximum atomic E-state index is 12.3. The molecule has 0 aromatic heterocycles. The molecule has 118 valence electrons. The minimum Gasteiger partial charge on any atom is -0.464 e. The van der Waals surface area contributed by atoms with Gasteiger partial charge in [0.2, 0.25) is 0 Å². The maximum Gasteiger partial charge on any atom is 0.382 e. The average Bonchev–Trinajstić information content (AvgIpc) is 2.48. The molecule has 2 atom stereocenters. The van der Waals surface area contributed by atoms with Crippen LogP contribution in [0.1, 0.15) is 38.5 Å². The van der Waals surface area contributed by atoms with Crippen LogP contribution in [0.5, 0.6) is 0 Å². The maximum absolute atomic E-state index is 12.3. The molecule has 21 heavy (non-hydrogen) atoms. The van der Waals surface area contributed by atoms with Crippen molar-refractivity contribution in [3.63, 3.8) is 0 Å². The van der Waals surface area contributed by atoms with Gasteiger partial charge >= 0.3 is 12.0 Å². The number of carbonyl (C=O) groups is 2. The molecule has 7 heteroatoms. The van der Waals surface area contributed by atoms with Crippen molar-refractivity contribution < 1.29 is 24.0 Å². The Bertz CT molecular complexity index is 429. The number of nitrogens with zero attached hydrogens (tertiary/aromatic N) is 1. The Morgan fingerprint density at radius 3 is 2.62 bits per heavy atom. The third kappa shape index (κ3) is 2.92. The molecule has 2 rings (SSSR count). The number of hydrogen-bond acceptors (Lipinski definition) is 6. The van der Waals surface area contributed by atoms with E-state index in [0.717, 1.165) is 20.0 Å². The molecule has 0 aromatic rings. The lowest BCUT2D eigenvalue weighted by molar-refractivity contribution is -0.534. The Labute approximate surface area is 123 Å². The van der Waals surface area contributed by atoms with Crippen molar-refractivity contribution in [1.82, 2.24) is 0 Å². The lowest BCUT2D eigenvalue weighted by Gasteiger charge is -2.43. The van der Waals surface area contributed by atoms with E-state index in [1.165, 1.54) is 0 Å². The molecule has 0 amide bonds. The van der Waals surface area contributed by atoms with Gasteiger partial charge in [-0.25, -0.2) is 4.79 Å². The van der Waals surface area contributed by atoms with E-state index in [4.69, 9.17) is 4.74 Å². The molecule has 2 aliphatic rings. The zero-order valence-corrected chi connectivity index (χ0v) is 12.2. The van der Waals surface area contributed by atoms with Crippen LogP contribution >= 0.6 is 0 Å². The second-order valence-electron chi connectivity index (χ2n) is 5.82. The third-order valence-corrected chi connectivity index (χ3v) is 4.85. The molecule has 2 unspecified atom stereocenters. The second-order valence-corrected chi connectivity index (χ2v) is 5.82. The Morgan fingerprint density at radius 2 is 2.10 bits per heavy atom. The van der Waals surface area contributed by atoms with Crippen molar-refractivity contribution in [2.24, 2.45) is 11.3 Å². The quantitative estimate of drug-likeness (QED) is 0.442. The molecule has 1 saturated heterocycles. The number of ether oxygens (including phenoxy) is 2. The summed E-state index contributed by atoms with van der Waals surface area (Å²) in [6.45, 7) is 0.677. The highest BCUT2D eigenvalue weighted by Gasteiger charge is 2.59. The van der Waals surface area contributed by atoms with E-state index in [1.54, 1.807) is 0 Å². The number of carbonyl (C=O) groups excluding carboxylic acids is 2. The van der Waals surface area contributed by atoms with Gasteiger partial charge in [0.05, 0.1) is 12.5 Å². The first-order valence-electron chi connectivity index (χ1n) is 7.34. The van der Waals surface area contributed by atoms with Crippen LogP contribution in [0.4, 0.5) is 0 Å². The molecule has 0 bridgehead atoms. The minimum atomic E-state index is -1.49. The van der Waals surface area contributed by atoms with Gasteiger partial charge in [0.1, 0.15) is 5.78 Å². The fraction of sp³-hybridized carbons (Fsp3) is 0.857. The van der Waals surface area contributed by atoms with Crippen molar-refractivity contribution in [3.05, 3.63) is 10.1 Å². The molecule has 1 saturated carbocycles. The summed E-state index contributed by atoms with van der Waals surface area (Å²) < 4.78 is 9.95. The van der Waals surface area contributed by atoms with E-state index >= 15 is 0 Å².